The molecule has 0 spiro atoms. The molecule has 0 radical (unpaired) electrons. The molecule has 36 heavy (non-hydrogen) atoms. The van der Waals surface area contributed by atoms with Crippen LogP contribution >= 0.6 is 11.8 Å². The van der Waals surface area contributed by atoms with Crippen LogP contribution in [0.4, 0.5) is 11.4 Å². The van der Waals surface area contributed by atoms with Crippen molar-refractivity contribution in [3.63, 3.8) is 0 Å². The predicted molar refractivity (Wildman–Crippen MR) is 132 cm³/mol. The summed E-state index contributed by atoms with van der Waals surface area (Å²) >= 11 is 1.23. The van der Waals surface area contributed by atoms with Crippen LogP contribution in [-0.4, -0.2) is 52.8 Å². The van der Waals surface area contributed by atoms with Gasteiger partial charge in [0.05, 0.1) is 40.8 Å². The normalized spacial score (nSPS) is 10.2. The fraction of sp³-hybridized carbons (Fsp3) is 0.0800. The number of esters is 1. The van der Waals surface area contributed by atoms with Gasteiger partial charge in [0.1, 0.15) is 0 Å². The molecule has 0 heterocycles. The molecule has 184 valence electrons. The lowest BCUT2D eigenvalue weighted by atomic mass is 10.0. The Balaban J connectivity index is 1.61. The summed E-state index contributed by atoms with van der Waals surface area (Å²) in [5.41, 5.74) is 0.0871. The third kappa shape index (κ3) is 6.48. The van der Waals surface area contributed by atoms with Gasteiger partial charge in [0, 0.05) is 10.6 Å². The topological polar surface area (TPSA) is 159 Å². The average molecular weight is 509 g/mol. The van der Waals surface area contributed by atoms with Crippen molar-refractivity contribution < 1.29 is 38.9 Å². The Morgan fingerprint density at radius 2 is 1.50 bits per heavy atom. The van der Waals surface area contributed by atoms with Crippen molar-refractivity contribution in [3.05, 3.63) is 89.0 Å². The second-order valence-electron chi connectivity index (χ2n) is 7.22. The molecule has 0 fully saturated rings. The van der Waals surface area contributed by atoms with E-state index < -0.39 is 29.4 Å². The summed E-state index contributed by atoms with van der Waals surface area (Å²) in [6.07, 6.45) is 0. The number of hydrogen-bond acceptors (Lipinski definition) is 7. The van der Waals surface area contributed by atoms with E-state index in [0.717, 1.165) is 23.1 Å². The number of aromatic carboxylic acids is 2. The van der Waals surface area contributed by atoms with Crippen LogP contribution in [0.15, 0.2) is 71.6 Å². The number of hydrogen-bond donors (Lipinski definition) is 4. The molecular weight excluding hydrogens is 488 g/mol. The monoisotopic (exact) mass is 508 g/mol. The molecule has 0 aliphatic carbocycles. The summed E-state index contributed by atoms with van der Waals surface area (Å²) in [6.45, 7) is 0. The Bertz CT molecular complexity index is 1340. The number of rotatable bonds is 9. The predicted octanol–water partition coefficient (Wildman–Crippen LogP) is 3.85. The van der Waals surface area contributed by atoms with Gasteiger partial charge in [-0.2, -0.15) is 0 Å². The van der Waals surface area contributed by atoms with Crippen LogP contribution in [-0.2, 0) is 9.53 Å². The highest BCUT2D eigenvalue weighted by Gasteiger charge is 2.19. The van der Waals surface area contributed by atoms with Gasteiger partial charge in [0.15, 0.2) is 0 Å². The van der Waals surface area contributed by atoms with Crippen LogP contribution in [0, 0.1) is 0 Å². The minimum Gasteiger partial charge on any atom is -0.478 e. The number of carboxylic acid groups (broad SMARTS) is 2. The van der Waals surface area contributed by atoms with Crippen LogP contribution in [0.25, 0.3) is 0 Å². The summed E-state index contributed by atoms with van der Waals surface area (Å²) in [4.78, 5) is 60.0. The van der Waals surface area contributed by atoms with E-state index >= 15 is 0 Å². The molecule has 11 heteroatoms. The molecule has 3 aromatic rings. The number of amides is 2. The SMILES string of the molecule is COC(=O)c1ccccc1NC(=O)CSc1ccc(NC(=O)c2ccc(C(=O)O)cc2C(=O)O)cc1. The Kier molecular flexibility index (Phi) is 8.42. The zero-order chi connectivity index (χ0) is 26.2. The maximum Gasteiger partial charge on any atom is 0.339 e. The Morgan fingerprint density at radius 1 is 0.806 bits per heavy atom. The van der Waals surface area contributed by atoms with E-state index in [-0.39, 0.29) is 28.4 Å². The van der Waals surface area contributed by atoms with Crippen molar-refractivity contribution in [2.45, 2.75) is 4.90 Å². The van der Waals surface area contributed by atoms with E-state index in [0.29, 0.717) is 11.4 Å². The average Bonchev–Trinajstić information content (AvgIpc) is 2.87. The Labute approximate surface area is 209 Å². The standard InChI is InChI=1S/C25H20N2O8S/c1-35-25(34)18-4-2-3-5-20(18)27-21(28)13-36-16-9-7-15(8-10-16)26-22(29)17-11-6-14(23(30)31)12-19(17)24(32)33/h2-12H,13H2,1H3,(H,26,29)(H,27,28)(H,30,31)(H,32,33). The number of thioether (sulfide) groups is 1. The van der Waals surface area contributed by atoms with Crippen molar-refractivity contribution >= 4 is 52.9 Å². The van der Waals surface area contributed by atoms with Gasteiger partial charge < -0.3 is 25.6 Å². The minimum absolute atomic E-state index is 0.0547. The highest BCUT2D eigenvalue weighted by molar-refractivity contribution is 8.00. The number of anilines is 2. The number of benzene rings is 3. The quantitative estimate of drug-likeness (QED) is 0.249. The smallest absolute Gasteiger partial charge is 0.339 e. The molecule has 0 aromatic heterocycles. The summed E-state index contributed by atoms with van der Waals surface area (Å²) in [7, 11) is 1.25. The van der Waals surface area contributed by atoms with Crippen LogP contribution < -0.4 is 10.6 Å². The van der Waals surface area contributed by atoms with Crippen molar-refractivity contribution in [2.75, 3.05) is 23.5 Å². The number of nitrogens with one attached hydrogen (secondary N) is 2. The van der Waals surface area contributed by atoms with E-state index in [4.69, 9.17) is 9.84 Å². The van der Waals surface area contributed by atoms with Crippen molar-refractivity contribution in [1.29, 1.82) is 0 Å². The molecule has 0 atom stereocenters. The molecule has 0 saturated heterocycles. The molecule has 0 aliphatic heterocycles. The first-order valence-electron chi connectivity index (χ1n) is 10.3. The van der Waals surface area contributed by atoms with Gasteiger partial charge in [0.2, 0.25) is 5.91 Å². The number of para-hydroxylation sites is 1. The van der Waals surface area contributed by atoms with E-state index in [1.165, 1.54) is 18.9 Å². The number of carboxylic acids is 2. The Hall–Kier alpha value is -4.64. The van der Waals surface area contributed by atoms with E-state index in [1.807, 2.05) is 0 Å². The fourth-order valence-electron chi connectivity index (χ4n) is 3.10. The van der Waals surface area contributed by atoms with Gasteiger partial charge in [-0.3, -0.25) is 9.59 Å². The van der Waals surface area contributed by atoms with Crippen molar-refractivity contribution in [3.8, 4) is 0 Å². The maximum absolute atomic E-state index is 12.6. The number of carbonyl (C=O) groups is 5. The largest absolute Gasteiger partial charge is 0.478 e. The first kappa shape index (κ1) is 26.0. The van der Waals surface area contributed by atoms with Crippen molar-refractivity contribution in [1.82, 2.24) is 0 Å². The van der Waals surface area contributed by atoms with Gasteiger partial charge in [-0.1, -0.05) is 12.1 Å². The zero-order valence-corrected chi connectivity index (χ0v) is 19.6. The molecule has 2 amide bonds. The molecule has 0 unspecified atom stereocenters. The Morgan fingerprint density at radius 3 is 2.14 bits per heavy atom. The molecule has 10 nitrogen and oxygen atoms in total. The molecular formula is C25H20N2O8S. The number of methoxy groups -OCH3 is 1. The van der Waals surface area contributed by atoms with E-state index in [9.17, 15) is 29.1 Å². The van der Waals surface area contributed by atoms with Gasteiger partial charge in [-0.15, -0.1) is 11.8 Å². The number of carbonyl (C=O) groups excluding carboxylic acids is 3. The van der Waals surface area contributed by atoms with Crippen LogP contribution in [0.1, 0.15) is 41.4 Å². The van der Waals surface area contributed by atoms with Crippen molar-refractivity contribution in [2.24, 2.45) is 0 Å². The summed E-state index contributed by atoms with van der Waals surface area (Å²) in [5, 5.41) is 23.6. The van der Waals surface area contributed by atoms with Gasteiger partial charge in [-0.25, -0.2) is 14.4 Å². The van der Waals surface area contributed by atoms with E-state index in [1.54, 1.807) is 48.5 Å². The van der Waals surface area contributed by atoms with Gasteiger partial charge in [0.25, 0.3) is 5.91 Å². The van der Waals surface area contributed by atoms with Crippen LogP contribution in [0.5, 0.6) is 0 Å². The lowest BCUT2D eigenvalue weighted by Gasteiger charge is -2.10. The molecule has 4 N–H and O–H groups in total. The highest BCUT2D eigenvalue weighted by atomic mass is 32.2. The first-order valence-corrected chi connectivity index (χ1v) is 11.3. The lowest BCUT2D eigenvalue weighted by Crippen LogP contribution is -2.17. The lowest BCUT2D eigenvalue weighted by molar-refractivity contribution is -0.113. The summed E-state index contributed by atoms with van der Waals surface area (Å²) in [6, 6.07) is 16.2. The van der Waals surface area contributed by atoms with Gasteiger partial charge in [-0.05, 0) is 54.6 Å². The zero-order valence-electron chi connectivity index (χ0n) is 18.8. The third-order valence-electron chi connectivity index (χ3n) is 4.83. The van der Waals surface area contributed by atoms with Gasteiger partial charge >= 0.3 is 17.9 Å². The first-order chi connectivity index (χ1) is 17.2. The minimum atomic E-state index is -1.43. The number of ether oxygens (including phenoxy) is 1. The van der Waals surface area contributed by atoms with E-state index in [2.05, 4.69) is 10.6 Å². The molecule has 0 aliphatic rings. The molecule has 3 rings (SSSR count). The molecule has 0 bridgehead atoms. The highest BCUT2D eigenvalue weighted by Crippen LogP contribution is 2.23. The second kappa shape index (κ2) is 11.7. The fourth-order valence-corrected chi connectivity index (χ4v) is 3.80. The second-order valence-corrected chi connectivity index (χ2v) is 8.27. The maximum atomic E-state index is 12.6. The third-order valence-corrected chi connectivity index (χ3v) is 5.84. The van der Waals surface area contributed by atoms with Crippen LogP contribution in [0.2, 0.25) is 0 Å². The molecule has 3 aromatic carbocycles. The summed E-state index contributed by atoms with van der Waals surface area (Å²) in [5.74, 6) is -4.29. The van der Waals surface area contributed by atoms with Crippen LogP contribution in [0.3, 0.4) is 0 Å². The molecule has 0 saturated carbocycles. The summed E-state index contributed by atoms with van der Waals surface area (Å²) < 4.78 is 4.71.